The monoisotopic (exact) mass is 374 g/mol. The second kappa shape index (κ2) is 5.95. The number of hydrogen-bond donors (Lipinski definition) is 2. The zero-order valence-corrected chi connectivity index (χ0v) is 14.8. The first-order chi connectivity index (χ1) is 13.5. The maximum atomic E-state index is 14.0. The average molecular weight is 374 g/mol. The molecule has 0 unspecified atom stereocenters. The van der Waals surface area contributed by atoms with E-state index in [2.05, 4.69) is 32.1 Å². The van der Waals surface area contributed by atoms with E-state index in [0.29, 0.717) is 11.5 Å². The van der Waals surface area contributed by atoms with Gasteiger partial charge in [-0.05, 0) is 48.7 Å². The molecule has 2 aromatic carbocycles. The molecule has 0 amide bonds. The molecule has 1 radical (unpaired) electrons. The second-order valence-corrected chi connectivity index (χ2v) is 6.67. The molecule has 0 aliphatic carbocycles. The van der Waals surface area contributed by atoms with E-state index in [1.807, 2.05) is 25.1 Å². The van der Waals surface area contributed by atoms with E-state index >= 15 is 0 Å². The van der Waals surface area contributed by atoms with Gasteiger partial charge in [0.1, 0.15) is 17.0 Å². The lowest BCUT2D eigenvalue weighted by atomic mass is 9.98. The Hall–Kier alpha value is -3.61. The number of fused-ring (bicyclic) bond motifs is 2. The molecule has 0 aliphatic heterocycles. The molecule has 3 aromatic heterocycles. The van der Waals surface area contributed by atoms with Crippen molar-refractivity contribution >= 4 is 21.9 Å². The van der Waals surface area contributed by atoms with Gasteiger partial charge in [-0.25, -0.2) is 13.8 Å². The Labute approximate surface area is 158 Å². The van der Waals surface area contributed by atoms with Crippen molar-refractivity contribution in [3.63, 3.8) is 0 Å². The fourth-order valence-electron chi connectivity index (χ4n) is 3.38. The lowest BCUT2D eigenvalue weighted by Gasteiger charge is -2.08. The smallest absolute Gasteiger partial charge is 0.159 e. The summed E-state index contributed by atoms with van der Waals surface area (Å²) in [5.41, 5.74) is 5.53. The van der Waals surface area contributed by atoms with Crippen LogP contribution in [0.1, 0.15) is 11.1 Å². The number of halogens is 2. The van der Waals surface area contributed by atoms with Crippen LogP contribution in [0.4, 0.5) is 8.78 Å². The van der Waals surface area contributed by atoms with Gasteiger partial charge in [-0.3, -0.25) is 10.1 Å². The number of benzene rings is 2. The molecule has 5 nitrogen and oxygen atoms in total. The normalized spacial score (nSPS) is 11.6. The Balaban J connectivity index is 1.71. The third-order valence-electron chi connectivity index (χ3n) is 4.92. The highest BCUT2D eigenvalue weighted by molar-refractivity contribution is 5.96. The van der Waals surface area contributed by atoms with Crippen molar-refractivity contribution in [2.24, 2.45) is 0 Å². The van der Waals surface area contributed by atoms with Crippen molar-refractivity contribution in [1.82, 2.24) is 25.1 Å². The molecule has 2 N–H and O–H groups in total. The number of nitrogens with one attached hydrogen (secondary N) is 2. The van der Waals surface area contributed by atoms with Crippen LogP contribution in [0.25, 0.3) is 44.6 Å². The molecule has 28 heavy (non-hydrogen) atoms. The Morgan fingerprint density at radius 1 is 1.04 bits per heavy atom. The molecule has 137 valence electrons. The van der Waals surface area contributed by atoms with Gasteiger partial charge in [0.25, 0.3) is 0 Å². The number of H-pyrrole nitrogens is 2. The van der Waals surface area contributed by atoms with E-state index in [0.717, 1.165) is 39.2 Å². The van der Waals surface area contributed by atoms with Crippen molar-refractivity contribution in [2.75, 3.05) is 0 Å². The van der Waals surface area contributed by atoms with E-state index in [1.165, 1.54) is 6.07 Å². The van der Waals surface area contributed by atoms with Gasteiger partial charge in [-0.15, -0.1) is 0 Å². The number of pyridine rings is 1. The van der Waals surface area contributed by atoms with Gasteiger partial charge >= 0.3 is 0 Å². The van der Waals surface area contributed by atoms with Crippen molar-refractivity contribution in [1.29, 1.82) is 0 Å². The first-order valence-corrected chi connectivity index (χ1v) is 8.61. The third kappa shape index (κ3) is 2.47. The number of aromatic nitrogens is 5. The minimum atomic E-state index is -0.716. The Morgan fingerprint density at radius 3 is 2.75 bits per heavy atom. The predicted octanol–water partition coefficient (Wildman–Crippen LogP) is 4.94. The summed E-state index contributed by atoms with van der Waals surface area (Å²) in [4.78, 5) is 11.5. The summed E-state index contributed by atoms with van der Waals surface area (Å²) in [6.07, 6.45) is 3.52. The lowest BCUT2D eigenvalue weighted by molar-refractivity contribution is 0.591. The van der Waals surface area contributed by atoms with Crippen LogP contribution in [0.5, 0.6) is 0 Å². The summed E-state index contributed by atoms with van der Waals surface area (Å²) >= 11 is 0. The number of imidazole rings is 1. The van der Waals surface area contributed by atoms with Crippen LogP contribution >= 0.6 is 0 Å². The highest BCUT2D eigenvalue weighted by Crippen LogP contribution is 2.32. The zero-order valence-electron chi connectivity index (χ0n) is 14.8. The molecule has 0 spiro atoms. The minimum absolute atomic E-state index is 0.0773. The summed E-state index contributed by atoms with van der Waals surface area (Å²) in [6, 6.07) is 7.89. The van der Waals surface area contributed by atoms with Gasteiger partial charge in [-0.2, -0.15) is 5.10 Å². The van der Waals surface area contributed by atoms with E-state index in [4.69, 9.17) is 0 Å². The molecule has 3 heterocycles. The molecule has 5 rings (SSSR count). The molecule has 0 fully saturated rings. The standard InChI is InChI=1S/C21H14F2N5/c1-10-8-24-9-15(11(10)2)12-3-4-17-14(5-12)19(28-27-17)21-25-18-7-13(22)6-16(23)20(18)26-21/h3-9H,1H2,2H3,(H,25,26)(H,27,28). The lowest BCUT2D eigenvalue weighted by Crippen LogP contribution is -1.89. The Kier molecular flexibility index (Phi) is 3.52. The van der Waals surface area contributed by atoms with Crippen LogP contribution in [0.15, 0.2) is 42.7 Å². The maximum absolute atomic E-state index is 14.0. The largest absolute Gasteiger partial charge is 0.336 e. The summed E-state index contributed by atoms with van der Waals surface area (Å²) in [5.74, 6) is -1.01. The number of hydrogen-bond acceptors (Lipinski definition) is 3. The highest BCUT2D eigenvalue weighted by Gasteiger charge is 2.16. The minimum Gasteiger partial charge on any atom is -0.336 e. The quantitative estimate of drug-likeness (QED) is 0.460. The van der Waals surface area contributed by atoms with E-state index in [9.17, 15) is 8.78 Å². The van der Waals surface area contributed by atoms with Gasteiger partial charge in [0.15, 0.2) is 11.6 Å². The van der Waals surface area contributed by atoms with Crippen molar-refractivity contribution in [2.45, 2.75) is 6.92 Å². The molecular formula is C21H14F2N5. The SMILES string of the molecule is [CH2]c1cncc(-c2ccc3[nH]nc(-c4nc5c(F)cc(F)cc5[nH]4)c3c2)c1C. The van der Waals surface area contributed by atoms with Gasteiger partial charge < -0.3 is 4.98 Å². The van der Waals surface area contributed by atoms with Gasteiger partial charge in [0, 0.05) is 29.4 Å². The Morgan fingerprint density at radius 2 is 1.89 bits per heavy atom. The summed E-state index contributed by atoms with van der Waals surface area (Å²) in [7, 11) is 0. The molecule has 0 saturated carbocycles. The molecular weight excluding hydrogens is 360 g/mol. The number of nitrogens with zero attached hydrogens (tertiary/aromatic N) is 3. The van der Waals surface area contributed by atoms with Crippen molar-refractivity contribution in [3.8, 4) is 22.6 Å². The summed E-state index contributed by atoms with van der Waals surface area (Å²) < 4.78 is 27.5. The van der Waals surface area contributed by atoms with E-state index in [-0.39, 0.29) is 11.0 Å². The highest BCUT2D eigenvalue weighted by atomic mass is 19.1. The molecule has 0 saturated heterocycles. The average Bonchev–Trinajstić information content (AvgIpc) is 3.27. The van der Waals surface area contributed by atoms with Crippen LogP contribution < -0.4 is 0 Å². The fraction of sp³-hybridized carbons (Fsp3) is 0.0476. The topological polar surface area (TPSA) is 70.2 Å². The van der Waals surface area contributed by atoms with Crippen molar-refractivity contribution < 1.29 is 8.78 Å². The number of rotatable bonds is 2. The molecule has 0 atom stereocenters. The third-order valence-corrected chi connectivity index (χ3v) is 4.92. The molecule has 5 aromatic rings. The first kappa shape index (κ1) is 16.6. The van der Waals surface area contributed by atoms with Crippen LogP contribution in [0.3, 0.4) is 0 Å². The Bertz CT molecular complexity index is 1370. The van der Waals surface area contributed by atoms with Crippen LogP contribution in [-0.2, 0) is 0 Å². The summed E-state index contributed by atoms with van der Waals surface area (Å²) in [5, 5.41) is 8.09. The second-order valence-electron chi connectivity index (χ2n) is 6.67. The molecule has 7 heteroatoms. The first-order valence-electron chi connectivity index (χ1n) is 8.61. The van der Waals surface area contributed by atoms with Crippen LogP contribution in [-0.4, -0.2) is 25.1 Å². The molecule has 0 bridgehead atoms. The molecule has 0 aliphatic rings. The van der Waals surface area contributed by atoms with Gasteiger partial charge in [0.05, 0.1) is 11.0 Å². The maximum Gasteiger partial charge on any atom is 0.159 e. The van der Waals surface area contributed by atoms with Crippen molar-refractivity contribution in [3.05, 3.63) is 72.4 Å². The van der Waals surface area contributed by atoms with E-state index < -0.39 is 11.6 Å². The summed E-state index contributed by atoms with van der Waals surface area (Å²) in [6.45, 7) is 6.00. The fourth-order valence-corrected chi connectivity index (χ4v) is 3.38. The van der Waals surface area contributed by atoms with Gasteiger partial charge in [-0.1, -0.05) is 6.07 Å². The number of aromatic amines is 2. The van der Waals surface area contributed by atoms with Crippen LogP contribution in [0.2, 0.25) is 0 Å². The van der Waals surface area contributed by atoms with Crippen LogP contribution in [0, 0.1) is 25.5 Å². The van der Waals surface area contributed by atoms with Gasteiger partial charge in [0.2, 0.25) is 0 Å². The predicted molar refractivity (Wildman–Crippen MR) is 104 cm³/mol. The zero-order chi connectivity index (χ0) is 19.4. The van der Waals surface area contributed by atoms with E-state index in [1.54, 1.807) is 12.4 Å².